The molecule has 0 aliphatic rings. The average Bonchev–Trinajstić information content (AvgIpc) is 2.38. The van der Waals surface area contributed by atoms with Crippen molar-refractivity contribution in [3.8, 4) is 0 Å². The quantitative estimate of drug-likeness (QED) is 0.730. The predicted octanol–water partition coefficient (Wildman–Crippen LogP) is 4.85. The molecule has 1 aromatic carbocycles. The van der Waals surface area contributed by atoms with Gasteiger partial charge in [-0.25, -0.2) is 0 Å². The molecule has 0 amide bonds. The molecule has 1 N–H and O–H groups in total. The Balaban J connectivity index is 0. The highest BCUT2D eigenvalue weighted by molar-refractivity contribution is 5.85. The highest BCUT2D eigenvalue weighted by Gasteiger charge is 1.97. The summed E-state index contributed by atoms with van der Waals surface area (Å²) in [7, 11) is 1.99. The number of likely N-dealkylation sites (N-methyl/N-ethyl adjacent to an activating group) is 1. The van der Waals surface area contributed by atoms with Crippen molar-refractivity contribution in [3.63, 3.8) is 0 Å². The summed E-state index contributed by atoms with van der Waals surface area (Å²) in [6.07, 6.45) is 6.64. The smallest absolute Gasteiger partial charge is 0.00761 e. The van der Waals surface area contributed by atoms with Crippen LogP contribution >= 0.6 is 12.4 Å². The van der Waals surface area contributed by atoms with E-state index in [1.807, 2.05) is 13.1 Å². The Morgan fingerprint density at radius 1 is 1.00 bits per heavy atom. The zero-order chi connectivity index (χ0) is 12.9. The van der Waals surface area contributed by atoms with Crippen molar-refractivity contribution >= 4 is 12.4 Å². The van der Waals surface area contributed by atoms with Crippen LogP contribution in [0.4, 0.5) is 0 Å². The van der Waals surface area contributed by atoms with E-state index in [0.717, 1.165) is 6.42 Å². The molecule has 106 valence electrons. The van der Waals surface area contributed by atoms with Crippen molar-refractivity contribution < 1.29 is 0 Å². The largest absolute Gasteiger partial charge is 0.317 e. The third kappa shape index (κ3) is 11.9. The summed E-state index contributed by atoms with van der Waals surface area (Å²) in [6.45, 7) is 6.65. The maximum atomic E-state index is 3.21. The van der Waals surface area contributed by atoms with Crippen LogP contribution in [0.1, 0.15) is 52.0 Å². The number of unbranched alkanes of at least 4 members (excludes halogenated alkanes) is 3. The van der Waals surface area contributed by atoms with Crippen LogP contribution in [-0.2, 0) is 6.42 Å². The summed E-state index contributed by atoms with van der Waals surface area (Å²) in [4.78, 5) is 0. The molecule has 0 spiro atoms. The second-order valence-corrected chi connectivity index (χ2v) is 4.59. The fraction of sp³-hybridized carbons (Fsp3) is 0.625. The SMILES string of the molecule is CCCCCC.CN[C@@H](C)Cc1ccccc1.Cl. The van der Waals surface area contributed by atoms with Crippen molar-refractivity contribution in [1.82, 2.24) is 5.32 Å². The van der Waals surface area contributed by atoms with Crippen molar-refractivity contribution in [2.45, 2.75) is 58.9 Å². The van der Waals surface area contributed by atoms with E-state index in [9.17, 15) is 0 Å². The summed E-state index contributed by atoms with van der Waals surface area (Å²) in [5.74, 6) is 0. The Bertz CT molecular complexity index is 245. The van der Waals surface area contributed by atoms with Gasteiger partial charge in [0.05, 0.1) is 0 Å². The van der Waals surface area contributed by atoms with Crippen LogP contribution < -0.4 is 5.32 Å². The average molecular weight is 272 g/mol. The van der Waals surface area contributed by atoms with E-state index in [2.05, 4.69) is 50.4 Å². The van der Waals surface area contributed by atoms with Gasteiger partial charge in [0.15, 0.2) is 0 Å². The highest BCUT2D eigenvalue weighted by atomic mass is 35.5. The second-order valence-electron chi connectivity index (χ2n) is 4.59. The number of benzene rings is 1. The third-order valence-electron chi connectivity index (χ3n) is 2.83. The maximum Gasteiger partial charge on any atom is 0.00761 e. The molecule has 0 fully saturated rings. The first-order valence-electron chi connectivity index (χ1n) is 6.95. The molecule has 0 saturated heterocycles. The van der Waals surface area contributed by atoms with Gasteiger partial charge in [-0.05, 0) is 26.0 Å². The van der Waals surface area contributed by atoms with E-state index in [1.54, 1.807) is 0 Å². The zero-order valence-electron chi connectivity index (χ0n) is 12.4. The summed E-state index contributed by atoms with van der Waals surface area (Å²) in [6, 6.07) is 11.1. The zero-order valence-corrected chi connectivity index (χ0v) is 13.2. The topological polar surface area (TPSA) is 12.0 Å². The van der Waals surface area contributed by atoms with E-state index in [4.69, 9.17) is 0 Å². The Morgan fingerprint density at radius 2 is 1.50 bits per heavy atom. The van der Waals surface area contributed by atoms with Crippen LogP contribution in [0, 0.1) is 0 Å². The van der Waals surface area contributed by atoms with Crippen molar-refractivity contribution in [1.29, 1.82) is 0 Å². The number of hydrogen-bond acceptors (Lipinski definition) is 1. The van der Waals surface area contributed by atoms with Gasteiger partial charge in [0.2, 0.25) is 0 Å². The van der Waals surface area contributed by atoms with Crippen LogP contribution in [0.5, 0.6) is 0 Å². The summed E-state index contributed by atoms with van der Waals surface area (Å²) < 4.78 is 0. The van der Waals surface area contributed by atoms with Gasteiger partial charge < -0.3 is 5.32 Å². The Hall–Kier alpha value is -0.530. The van der Waals surface area contributed by atoms with Gasteiger partial charge in [0, 0.05) is 6.04 Å². The van der Waals surface area contributed by atoms with Crippen LogP contribution in [0.15, 0.2) is 30.3 Å². The first kappa shape index (κ1) is 19.8. The van der Waals surface area contributed by atoms with Crippen LogP contribution in [0.25, 0.3) is 0 Å². The molecule has 0 aromatic heterocycles. The lowest BCUT2D eigenvalue weighted by Crippen LogP contribution is -2.23. The summed E-state index contributed by atoms with van der Waals surface area (Å²) in [5, 5.41) is 3.21. The summed E-state index contributed by atoms with van der Waals surface area (Å²) in [5.41, 5.74) is 1.40. The Kier molecular flexibility index (Phi) is 16.0. The van der Waals surface area contributed by atoms with Gasteiger partial charge in [-0.1, -0.05) is 69.9 Å². The monoisotopic (exact) mass is 271 g/mol. The van der Waals surface area contributed by atoms with Crippen molar-refractivity contribution in [3.05, 3.63) is 35.9 Å². The molecule has 2 heteroatoms. The minimum Gasteiger partial charge on any atom is -0.317 e. The van der Waals surface area contributed by atoms with Gasteiger partial charge in [-0.3, -0.25) is 0 Å². The molecule has 1 nitrogen and oxygen atoms in total. The fourth-order valence-electron chi connectivity index (χ4n) is 1.57. The fourth-order valence-corrected chi connectivity index (χ4v) is 1.57. The van der Waals surface area contributed by atoms with Crippen molar-refractivity contribution in [2.24, 2.45) is 0 Å². The molecular weight excluding hydrogens is 242 g/mol. The molecule has 0 unspecified atom stereocenters. The minimum atomic E-state index is 0. The molecule has 1 atom stereocenters. The number of rotatable bonds is 6. The molecule has 0 bridgehead atoms. The summed E-state index contributed by atoms with van der Waals surface area (Å²) >= 11 is 0. The second kappa shape index (κ2) is 14.5. The lowest BCUT2D eigenvalue weighted by molar-refractivity contribution is 0.608. The molecule has 0 aliphatic heterocycles. The van der Waals surface area contributed by atoms with E-state index in [-0.39, 0.29) is 12.4 Å². The molecule has 0 saturated carbocycles. The molecule has 1 aromatic rings. The standard InChI is InChI=1S/C10H15N.C6H14.ClH/c1-9(11-2)8-10-6-4-3-5-7-10;1-3-5-6-4-2;/h3-7,9,11H,8H2,1-2H3;3-6H2,1-2H3;1H/t9-;;/m0../s1. The van der Waals surface area contributed by atoms with Gasteiger partial charge in [0.1, 0.15) is 0 Å². The van der Waals surface area contributed by atoms with Gasteiger partial charge in [-0.2, -0.15) is 0 Å². The molecule has 1 rings (SSSR count). The Labute approximate surface area is 120 Å². The number of nitrogens with one attached hydrogen (secondary N) is 1. The van der Waals surface area contributed by atoms with Crippen LogP contribution in [0.3, 0.4) is 0 Å². The lowest BCUT2D eigenvalue weighted by atomic mass is 10.1. The van der Waals surface area contributed by atoms with Gasteiger partial charge in [0.25, 0.3) is 0 Å². The predicted molar refractivity (Wildman–Crippen MR) is 85.7 cm³/mol. The first-order valence-corrected chi connectivity index (χ1v) is 6.95. The number of hydrogen-bond donors (Lipinski definition) is 1. The minimum absolute atomic E-state index is 0. The lowest BCUT2D eigenvalue weighted by Gasteiger charge is -2.08. The first-order chi connectivity index (χ1) is 8.24. The molecule has 18 heavy (non-hydrogen) atoms. The van der Waals surface area contributed by atoms with E-state index < -0.39 is 0 Å². The third-order valence-corrected chi connectivity index (χ3v) is 2.83. The molecular formula is C16H30ClN. The Morgan fingerprint density at radius 3 is 1.89 bits per heavy atom. The maximum absolute atomic E-state index is 3.21. The molecule has 0 heterocycles. The molecule has 0 radical (unpaired) electrons. The molecule has 0 aliphatic carbocycles. The van der Waals surface area contributed by atoms with Crippen molar-refractivity contribution in [2.75, 3.05) is 7.05 Å². The normalized spacial score (nSPS) is 10.9. The van der Waals surface area contributed by atoms with Gasteiger partial charge >= 0.3 is 0 Å². The van der Waals surface area contributed by atoms with Gasteiger partial charge in [-0.15, -0.1) is 12.4 Å². The highest BCUT2D eigenvalue weighted by Crippen LogP contribution is 2.01. The van der Waals surface area contributed by atoms with E-state index >= 15 is 0 Å². The van der Waals surface area contributed by atoms with E-state index in [1.165, 1.54) is 31.2 Å². The number of halogens is 1. The van der Waals surface area contributed by atoms with Crippen LogP contribution in [0.2, 0.25) is 0 Å². The van der Waals surface area contributed by atoms with Crippen LogP contribution in [-0.4, -0.2) is 13.1 Å². The van der Waals surface area contributed by atoms with E-state index in [0.29, 0.717) is 6.04 Å².